The Hall–Kier alpha value is -1.09. The average Bonchev–Trinajstić information content (AvgIpc) is 2.68. The summed E-state index contributed by atoms with van der Waals surface area (Å²) >= 11 is 0. The van der Waals surface area contributed by atoms with E-state index in [4.69, 9.17) is 4.74 Å². The zero-order chi connectivity index (χ0) is 12.4. The van der Waals surface area contributed by atoms with Crippen molar-refractivity contribution in [3.63, 3.8) is 0 Å². The van der Waals surface area contributed by atoms with Gasteiger partial charge in [-0.2, -0.15) is 0 Å². The van der Waals surface area contributed by atoms with Crippen LogP contribution in [0.4, 0.5) is 4.39 Å². The fourth-order valence-electron chi connectivity index (χ4n) is 2.75. The second kappa shape index (κ2) is 5.27. The first-order valence-electron chi connectivity index (χ1n) is 6.97. The fraction of sp³-hybridized carbons (Fsp3) is 0.600. The molecule has 18 heavy (non-hydrogen) atoms. The molecule has 0 amide bonds. The Kier molecular flexibility index (Phi) is 3.50. The van der Waals surface area contributed by atoms with Gasteiger partial charge in [0.2, 0.25) is 0 Å². The molecule has 1 aliphatic carbocycles. The molecule has 1 aromatic carbocycles. The van der Waals surface area contributed by atoms with Crippen LogP contribution in [0.1, 0.15) is 31.2 Å². The first kappa shape index (κ1) is 12.0. The highest BCUT2D eigenvalue weighted by Gasteiger charge is 2.23. The topological polar surface area (TPSA) is 21.3 Å². The Labute approximate surface area is 108 Å². The van der Waals surface area contributed by atoms with Crippen LogP contribution < -0.4 is 10.1 Å². The molecular weight excluding hydrogens is 229 g/mol. The third kappa shape index (κ3) is 2.66. The van der Waals surface area contributed by atoms with Gasteiger partial charge in [-0.3, -0.25) is 0 Å². The summed E-state index contributed by atoms with van der Waals surface area (Å²) in [6, 6.07) is 4.79. The molecule has 98 valence electrons. The van der Waals surface area contributed by atoms with E-state index < -0.39 is 0 Å². The Morgan fingerprint density at radius 1 is 1.33 bits per heavy atom. The number of hydrogen-bond donors (Lipinski definition) is 1. The molecule has 1 aromatic rings. The van der Waals surface area contributed by atoms with E-state index in [0.29, 0.717) is 0 Å². The summed E-state index contributed by atoms with van der Waals surface area (Å²) in [6.07, 6.45) is 6.51. The van der Waals surface area contributed by atoms with E-state index in [9.17, 15) is 4.39 Å². The number of hydrogen-bond acceptors (Lipinski definition) is 2. The molecule has 1 aliphatic heterocycles. The zero-order valence-corrected chi connectivity index (χ0v) is 10.6. The Morgan fingerprint density at radius 3 is 3.00 bits per heavy atom. The molecule has 1 fully saturated rings. The quantitative estimate of drug-likeness (QED) is 0.810. The predicted octanol–water partition coefficient (Wildman–Crippen LogP) is 2.91. The fourth-order valence-corrected chi connectivity index (χ4v) is 2.75. The van der Waals surface area contributed by atoms with E-state index >= 15 is 0 Å². The van der Waals surface area contributed by atoms with Crippen molar-refractivity contribution in [3.05, 3.63) is 29.6 Å². The van der Waals surface area contributed by atoms with Crippen molar-refractivity contribution in [3.8, 4) is 5.75 Å². The second-order valence-corrected chi connectivity index (χ2v) is 5.49. The monoisotopic (exact) mass is 249 g/mol. The molecule has 1 atom stereocenters. The van der Waals surface area contributed by atoms with E-state index in [1.54, 1.807) is 12.1 Å². The maximum absolute atomic E-state index is 13.1. The van der Waals surface area contributed by atoms with Crippen LogP contribution in [0.15, 0.2) is 18.2 Å². The zero-order valence-electron chi connectivity index (χ0n) is 10.6. The van der Waals surface area contributed by atoms with E-state index in [1.807, 2.05) is 0 Å². The van der Waals surface area contributed by atoms with Crippen LogP contribution in [-0.2, 0) is 6.42 Å². The molecule has 0 bridgehead atoms. The molecule has 3 rings (SSSR count). The normalized spacial score (nSPS) is 22.4. The van der Waals surface area contributed by atoms with E-state index in [1.165, 1.54) is 31.7 Å². The SMILES string of the molecule is Fc1ccc2c(c1)CC(CNCCC1CCC1)O2. The molecule has 2 nitrogen and oxygen atoms in total. The molecule has 2 aliphatic rings. The molecule has 1 N–H and O–H groups in total. The Balaban J connectivity index is 1.40. The minimum absolute atomic E-state index is 0.170. The van der Waals surface area contributed by atoms with Gasteiger partial charge in [-0.05, 0) is 37.1 Å². The Bertz CT molecular complexity index is 417. The number of nitrogens with one attached hydrogen (secondary N) is 1. The van der Waals surface area contributed by atoms with Crippen molar-refractivity contribution in [2.75, 3.05) is 13.1 Å². The summed E-state index contributed by atoms with van der Waals surface area (Å²) < 4.78 is 18.8. The standard InChI is InChI=1S/C15H20FNO/c16-13-4-5-15-12(8-13)9-14(18-15)10-17-7-6-11-2-1-3-11/h4-5,8,11,14,17H,1-3,6-7,9-10H2. The molecule has 0 saturated heterocycles. The highest BCUT2D eigenvalue weighted by molar-refractivity contribution is 5.37. The van der Waals surface area contributed by atoms with Crippen molar-refractivity contribution in [2.24, 2.45) is 5.92 Å². The van der Waals surface area contributed by atoms with Crippen LogP contribution in [0.25, 0.3) is 0 Å². The van der Waals surface area contributed by atoms with Gasteiger partial charge in [0.15, 0.2) is 0 Å². The number of halogens is 1. The van der Waals surface area contributed by atoms with E-state index in [2.05, 4.69) is 5.32 Å². The molecule has 3 heteroatoms. The molecule has 0 radical (unpaired) electrons. The number of rotatable bonds is 5. The highest BCUT2D eigenvalue weighted by atomic mass is 19.1. The average molecular weight is 249 g/mol. The lowest BCUT2D eigenvalue weighted by atomic mass is 9.83. The summed E-state index contributed by atoms with van der Waals surface area (Å²) in [5, 5.41) is 3.46. The third-order valence-corrected chi connectivity index (χ3v) is 4.09. The maximum atomic E-state index is 13.1. The maximum Gasteiger partial charge on any atom is 0.123 e. The van der Waals surface area contributed by atoms with Crippen LogP contribution in [0.5, 0.6) is 5.75 Å². The van der Waals surface area contributed by atoms with Gasteiger partial charge in [-0.25, -0.2) is 4.39 Å². The van der Waals surface area contributed by atoms with Gasteiger partial charge < -0.3 is 10.1 Å². The van der Waals surface area contributed by atoms with Gasteiger partial charge in [-0.1, -0.05) is 19.3 Å². The predicted molar refractivity (Wildman–Crippen MR) is 69.3 cm³/mol. The summed E-state index contributed by atoms with van der Waals surface area (Å²) in [5.41, 5.74) is 1.00. The van der Waals surface area contributed by atoms with Crippen molar-refractivity contribution < 1.29 is 9.13 Å². The van der Waals surface area contributed by atoms with Crippen molar-refractivity contribution in [1.29, 1.82) is 0 Å². The largest absolute Gasteiger partial charge is 0.488 e. The first-order chi connectivity index (χ1) is 8.81. The van der Waals surface area contributed by atoms with Crippen LogP contribution in [0, 0.1) is 11.7 Å². The minimum Gasteiger partial charge on any atom is -0.488 e. The van der Waals surface area contributed by atoms with Crippen LogP contribution in [0.2, 0.25) is 0 Å². The van der Waals surface area contributed by atoms with Crippen molar-refractivity contribution >= 4 is 0 Å². The van der Waals surface area contributed by atoms with E-state index in [0.717, 1.165) is 36.7 Å². The molecule has 1 heterocycles. The summed E-state index contributed by atoms with van der Waals surface area (Å²) in [4.78, 5) is 0. The number of benzene rings is 1. The summed E-state index contributed by atoms with van der Waals surface area (Å²) in [7, 11) is 0. The third-order valence-electron chi connectivity index (χ3n) is 4.09. The second-order valence-electron chi connectivity index (χ2n) is 5.49. The van der Waals surface area contributed by atoms with Crippen molar-refractivity contribution in [1.82, 2.24) is 5.32 Å². The smallest absolute Gasteiger partial charge is 0.123 e. The van der Waals surface area contributed by atoms with Crippen LogP contribution in [-0.4, -0.2) is 19.2 Å². The van der Waals surface area contributed by atoms with E-state index in [-0.39, 0.29) is 11.9 Å². The minimum atomic E-state index is -0.170. The van der Waals surface area contributed by atoms with Gasteiger partial charge >= 0.3 is 0 Å². The molecule has 1 saturated carbocycles. The van der Waals surface area contributed by atoms with Gasteiger partial charge in [0.05, 0.1) is 0 Å². The van der Waals surface area contributed by atoms with Crippen LogP contribution >= 0.6 is 0 Å². The molecule has 0 aromatic heterocycles. The molecular formula is C15H20FNO. The first-order valence-corrected chi connectivity index (χ1v) is 6.97. The lowest BCUT2D eigenvalue weighted by Crippen LogP contribution is -2.32. The number of ether oxygens (including phenoxy) is 1. The van der Waals surface area contributed by atoms with Crippen molar-refractivity contribution in [2.45, 2.75) is 38.2 Å². The van der Waals surface area contributed by atoms with Gasteiger partial charge in [0, 0.05) is 18.5 Å². The lowest BCUT2D eigenvalue weighted by Gasteiger charge is -2.25. The molecule has 0 spiro atoms. The Morgan fingerprint density at radius 2 is 2.22 bits per heavy atom. The van der Waals surface area contributed by atoms with Gasteiger partial charge in [-0.15, -0.1) is 0 Å². The summed E-state index contributed by atoms with van der Waals surface area (Å²) in [6.45, 7) is 1.94. The van der Waals surface area contributed by atoms with Crippen LogP contribution in [0.3, 0.4) is 0 Å². The highest BCUT2D eigenvalue weighted by Crippen LogP contribution is 2.30. The van der Waals surface area contributed by atoms with Gasteiger partial charge in [0.1, 0.15) is 17.7 Å². The summed E-state index contributed by atoms with van der Waals surface area (Å²) in [5.74, 6) is 1.63. The lowest BCUT2D eigenvalue weighted by molar-refractivity contribution is 0.222. The molecule has 1 unspecified atom stereocenters. The number of fused-ring (bicyclic) bond motifs is 1. The van der Waals surface area contributed by atoms with Gasteiger partial charge in [0.25, 0.3) is 0 Å².